The predicted octanol–water partition coefficient (Wildman–Crippen LogP) is 3.98. The SMILES string of the molecule is CCOc1ccc(NC(=O)c2ccccc2SCC#N)cc1S(=O)(=O)N(CC)CC. The molecular weight excluding hydrogens is 422 g/mol. The molecule has 2 aromatic carbocycles. The lowest BCUT2D eigenvalue weighted by atomic mass is 10.2. The molecule has 0 aliphatic carbocycles. The maximum absolute atomic E-state index is 13.1. The Morgan fingerprint density at radius 3 is 2.50 bits per heavy atom. The zero-order chi connectivity index (χ0) is 22.1. The largest absolute Gasteiger partial charge is 0.492 e. The number of sulfonamides is 1. The number of hydrogen-bond donors (Lipinski definition) is 1. The van der Waals surface area contributed by atoms with Gasteiger partial charge < -0.3 is 10.1 Å². The number of thioether (sulfide) groups is 1. The summed E-state index contributed by atoms with van der Waals surface area (Å²) in [5.41, 5.74) is 0.758. The topological polar surface area (TPSA) is 99.5 Å². The van der Waals surface area contributed by atoms with Crippen LogP contribution >= 0.6 is 11.8 Å². The van der Waals surface area contributed by atoms with E-state index in [1.165, 1.54) is 22.1 Å². The molecule has 7 nitrogen and oxygen atoms in total. The van der Waals surface area contributed by atoms with Crippen molar-refractivity contribution in [2.75, 3.05) is 30.8 Å². The maximum Gasteiger partial charge on any atom is 0.256 e. The molecule has 0 heterocycles. The Hall–Kier alpha value is -2.54. The molecule has 0 atom stereocenters. The number of rotatable bonds is 10. The van der Waals surface area contributed by atoms with Crippen molar-refractivity contribution in [3.05, 3.63) is 48.0 Å². The molecule has 0 saturated heterocycles. The van der Waals surface area contributed by atoms with Gasteiger partial charge in [0.15, 0.2) is 0 Å². The van der Waals surface area contributed by atoms with E-state index in [2.05, 4.69) is 5.32 Å². The minimum atomic E-state index is -3.78. The Labute approximate surface area is 182 Å². The van der Waals surface area contributed by atoms with Crippen LogP contribution in [0.3, 0.4) is 0 Å². The van der Waals surface area contributed by atoms with Gasteiger partial charge in [-0.3, -0.25) is 4.79 Å². The van der Waals surface area contributed by atoms with Crippen LogP contribution in [-0.2, 0) is 10.0 Å². The summed E-state index contributed by atoms with van der Waals surface area (Å²) in [6, 6.07) is 13.6. The van der Waals surface area contributed by atoms with E-state index in [4.69, 9.17) is 10.00 Å². The smallest absolute Gasteiger partial charge is 0.256 e. The lowest BCUT2D eigenvalue weighted by Gasteiger charge is -2.21. The molecule has 2 rings (SSSR count). The fourth-order valence-electron chi connectivity index (χ4n) is 2.85. The van der Waals surface area contributed by atoms with Crippen molar-refractivity contribution in [1.29, 1.82) is 5.26 Å². The number of hydrogen-bond acceptors (Lipinski definition) is 6. The highest BCUT2D eigenvalue weighted by Gasteiger charge is 2.26. The third kappa shape index (κ3) is 5.53. The van der Waals surface area contributed by atoms with Crippen LogP contribution in [0.1, 0.15) is 31.1 Å². The molecule has 0 spiro atoms. The normalized spacial score (nSPS) is 11.2. The first-order chi connectivity index (χ1) is 14.4. The Kier molecular flexibility index (Phi) is 8.72. The molecular formula is C21H25N3O4S2. The minimum Gasteiger partial charge on any atom is -0.492 e. The fraction of sp³-hybridized carbons (Fsp3) is 0.333. The quantitative estimate of drug-likeness (QED) is 0.553. The monoisotopic (exact) mass is 447 g/mol. The number of ether oxygens (including phenoxy) is 1. The Balaban J connectivity index is 2.41. The van der Waals surface area contributed by atoms with Crippen molar-refractivity contribution in [3.8, 4) is 11.8 Å². The van der Waals surface area contributed by atoms with E-state index in [1.807, 2.05) is 6.07 Å². The Morgan fingerprint density at radius 1 is 1.17 bits per heavy atom. The van der Waals surface area contributed by atoms with Gasteiger partial charge in [0.2, 0.25) is 10.0 Å². The van der Waals surface area contributed by atoms with Crippen molar-refractivity contribution in [2.45, 2.75) is 30.6 Å². The first-order valence-electron chi connectivity index (χ1n) is 9.56. The van der Waals surface area contributed by atoms with Gasteiger partial charge >= 0.3 is 0 Å². The fourth-order valence-corrected chi connectivity index (χ4v) is 5.18. The molecule has 160 valence electrons. The van der Waals surface area contributed by atoms with Gasteiger partial charge in [0, 0.05) is 23.7 Å². The predicted molar refractivity (Wildman–Crippen MR) is 118 cm³/mol. The number of carbonyl (C=O) groups is 1. The molecule has 0 radical (unpaired) electrons. The molecule has 0 aliphatic heterocycles. The summed E-state index contributed by atoms with van der Waals surface area (Å²) in [5, 5.41) is 11.6. The van der Waals surface area contributed by atoms with Crippen LogP contribution in [0, 0.1) is 11.3 Å². The van der Waals surface area contributed by atoms with E-state index in [0.717, 1.165) is 0 Å². The van der Waals surface area contributed by atoms with Crippen LogP contribution in [-0.4, -0.2) is 44.1 Å². The molecule has 0 aromatic heterocycles. The van der Waals surface area contributed by atoms with Crippen molar-refractivity contribution in [3.63, 3.8) is 0 Å². The number of anilines is 1. The third-order valence-electron chi connectivity index (χ3n) is 4.25. The maximum atomic E-state index is 13.1. The Bertz CT molecular complexity index is 1030. The highest BCUT2D eigenvalue weighted by Crippen LogP contribution is 2.31. The Morgan fingerprint density at radius 2 is 1.87 bits per heavy atom. The van der Waals surface area contributed by atoms with Gasteiger partial charge in [-0.1, -0.05) is 26.0 Å². The van der Waals surface area contributed by atoms with Crippen LogP contribution in [0.4, 0.5) is 5.69 Å². The number of nitrogens with one attached hydrogen (secondary N) is 1. The second kappa shape index (κ2) is 11.0. The molecule has 1 amide bonds. The lowest BCUT2D eigenvalue weighted by Crippen LogP contribution is -2.31. The van der Waals surface area contributed by atoms with Crippen LogP contribution < -0.4 is 10.1 Å². The second-order valence-corrected chi connectivity index (χ2v) is 9.00. The van der Waals surface area contributed by atoms with E-state index >= 15 is 0 Å². The highest BCUT2D eigenvalue weighted by atomic mass is 32.2. The molecule has 0 unspecified atom stereocenters. The summed E-state index contributed by atoms with van der Waals surface area (Å²) < 4.78 is 33.0. The van der Waals surface area contributed by atoms with Gasteiger partial charge in [-0.05, 0) is 37.3 Å². The van der Waals surface area contributed by atoms with Crippen LogP contribution in [0.2, 0.25) is 0 Å². The zero-order valence-corrected chi connectivity index (χ0v) is 18.8. The first-order valence-corrected chi connectivity index (χ1v) is 12.0. The molecule has 30 heavy (non-hydrogen) atoms. The summed E-state index contributed by atoms with van der Waals surface area (Å²) >= 11 is 1.27. The summed E-state index contributed by atoms with van der Waals surface area (Å²) in [4.78, 5) is 13.5. The van der Waals surface area contributed by atoms with E-state index in [-0.39, 0.29) is 22.3 Å². The first kappa shape index (κ1) is 23.7. The summed E-state index contributed by atoms with van der Waals surface area (Å²) in [6.07, 6.45) is 0. The minimum absolute atomic E-state index is 0.0120. The number of carbonyl (C=O) groups excluding carboxylic acids is 1. The average Bonchev–Trinajstić information content (AvgIpc) is 2.74. The molecule has 9 heteroatoms. The van der Waals surface area contributed by atoms with Crippen molar-refractivity contribution < 1.29 is 17.9 Å². The number of amides is 1. The van der Waals surface area contributed by atoms with Crippen LogP contribution in [0.25, 0.3) is 0 Å². The van der Waals surface area contributed by atoms with E-state index in [1.54, 1.807) is 57.2 Å². The van der Waals surface area contributed by atoms with Crippen LogP contribution in [0.5, 0.6) is 5.75 Å². The summed E-state index contributed by atoms with van der Waals surface area (Å²) in [6.45, 7) is 6.27. The van der Waals surface area contributed by atoms with Crippen molar-refractivity contribution in [2.24, 2.45) is 0 Å². The zero-order valence-electron chi connectivity index (χ0n) is 17.2. The van der Waals surface area contributed by atoms with Gasteiger partial charge in [-0.25, -0.2) is 8.42 Å². The molecule has 0 bridgehead atoms. The van der Waals surface area contributed by atoms with Gasteiger partial charge in [0.25, 0.3) is 5.91 Å². The number of nitriles is 1. The third-order valence-corrected chi connectivity index (χ3v) is 7.26. The van der Waals surface area contributed by atoms with E-state index in [0.29, 0.717) is 35.8 Å². The van der Waals surface area contributed by atoms with Gasteiger partial charge in [0.05, 0.1) is 24.0 Å². The van der Waals surface area contributed by atoms with E-state index < -0.39 is 10.0 Å². The van der Waals surface area contributed by atoms with Crippen LogP contribution in [0.15, 0.2) is 52.3 Å². The lowest BCUT2D eigenvalue weighted by molar-refractivity contribution is 0.102. The molecule has 0 fully saturated rings. The van der Waals surface area contributed by atoms with Crippen molar-refractivity contribution >= 4 is 33.4 Å². The van der Waals surface area contributed by atoms with E-state index in [9.17, 15) is 13.2 Å². The molecule has 1 N–H and O–H groups in total. The average molecular weight is 448 g/mol. The molecule has 2 aromatic rings. The standard InChI is InChI=1S/C21H25N3O4S2/c1-4-24(5-2)30(26,27)20-15-16(11-12-18(20)28-6-3)23-21(25)17-9-7-8-10-19(17)29-14-13-22/h7-12,15H,4-6,14H2,1-3H3,(H,23,25). The molecule has 0 aliphatic rings. The van der Waals surface area contributed by atoms with Gasteiger partial charge in [-0.15, -0.1) is 11.8 Å². The number of nitrogens with zero attached hydrogens (tertiary/aromatic N) is 2. The molecule has 0 saturated carbocycles. The van der Waals surface area contributed by atoms with Crippen molar-refractivity contribution in [1.82, 2.24) is 4.31 Å². The van der Waals surface area contributed by atoms with Gasteiger partial charge in [-0.2, -0.15) is 9.57 Å². The summed E-state index contributed by atoms with van der Waals surface area (Å²) in [7, 11) is -3.78. The van der Waals surface area contributed by atoms with Gasteiger partial charge in [0.1, 0.15) is 10.6 Å². The summed E-state index contributed by atoms with van der Waals surface area (Å²) in [5.74, 6) is 0.0818. The second-order valence-electron chi connectivity index (χ2n) is 6.08. The highest BCUT2D eigenvalue weighted by molar-refractivity contribution is 7.99. The number of benzene rings is 2.